The minimum Gasteiger partial charge on any atom is -0.414 e. The molecule has 50 heavy (non-hydrogen) atoms. The zero-order chi connectivity index (χ0) is 38.8. The van der Waals surface area contributed by atoms with Gasteiger partial charge in [-0.1, -0.05) is 53.7 Å². The highest BCUT2D eigenvalue weighted by atomic mass is 28.4. The van der Waals surface area contributed by atoms with Crippen molar-refractivity contribution in [3.63, 3.8) is 0 Å². The topological polar surface area (TPSA) is 55.4 Å². The molecule has 288 valence electrons. The van der Waals surface area contributed by atoms with Gasteiger partial charge in [0.25, 0.3) is 0 Å². The van der Waals surface area contributed by atoms with Gasteiger partial charge in [-0.15, -0.1) is 13.2 Å². The molecule has 0 saturated carbocycles. The average Bonchev–Trinajstić information content (AvgIpc) is 3.27. The molecule has 0 spiro atoms. The monoisotopic (exact) mass is 733 g/mol. The van der Waals surface area contributed by atoms with Crippen LogP contribution < -0.4 is 0 Å². The van der Waals surface area contributed by atoms with Gasteiger partial charge in [-0.3, -0.25) is 0 Å². The normalized spacial score (nSPS) is 22.0. The van der Waals surface area contributed by atoms with Crippen LogP contribution >= 0.6 is 0 Å². The Morgan fingerprint density at radius 2 is 0.840 bits per heavy atom. The Morgan fingerprint density at radius 3 is 1.08 bits per heavy atom. The third-order valence-corrected chi connectivity index (χ3v) is 21.7. The summed E-state index contributed by atoms with van der Waals surface area (Å²) < 4.78 is 39.2. The summed E-state index contributed by atoms with van der Waals surface area (Å²) in [5, 5.41) is 0.277. The highest BCUT2D eigenvalue weighted by molar-refractivity contribution is 6.74. The third-order valence-electron chi connectivity index (χ3n) is 12.6. The molecule has 2 rings (SSSR count). The number of unbranched alkanes of at least 4 members (excludes halogenated alkanes) is 2. The molecule has 0 N–H and O–H groups in total. The Labute approximate surface area is 312 Å². The van der Waals surface area contributed by atoms with E-state index in [-0.39, 0.29) is 44.7 Å². The first kappa shape index (κ1) is 45.7. The van der Waals surface area contributed by atoms with Gasteiger partial charge in [0.2, 0.25) is 0 Å². The molecule has 0 aliphatic carbocycles. The molecule has 2 atom stereocenters. The highest BCUT2D eigenvalue weighted by Crippen LogP contribution is 2.43. The van der Waals surface area contributed by atoms with Crippen LogP contribution in [0.4, 0.5) is 0 Å². The Balaban J connectivity index is 1.97. The van der Waals surface area contributed by atoms with Gasteiger partial charge in [-0.05, 0) is 154 Å². The van der Waals surface area contributed by atoms with Crippen molar-refractivity contribution < 1.29 is 27.5 Å². The van der Waals surface area contributed by atoms with Crippen molar-refractivity contribution in [2.24, 2.45) is 0 Å². The van der Waals surface area contributed by atoms with Crippen LogP contribution in [0.15, 0.2) is 36.3 Å². The first-order valence-electron chi connectivity index (χ1n) is 19.4. The molecule has 2 aliphatic rings. The maximum atomic E-state index is 6.97. The lowest BCUT2D eigenvalue weighted by Crippen LogP contribution is -2.44. The number of allylic oxidation sites excluding steroid dienone is 2. The second-order valence-corrected chi connectivity index (χ2v) is 29.7. The SMILES string of the molecule is C=C(CC(CCCC=CCCCC(CC(=C)B1OC(C)(C)C(C)(C)O1)O[Si](C)(C)C(C)(C)C)O[Si](C)(C)C(C)(C)C)B1OC(C)(C)C(C)(C)O1. The van der Waals surface area contributed by atoms with Gasteiger partial charge in [-0.25, -0.2) is 0 Å². The van der Waals surface area contributed by atoms with Crippen molar-refractivity contribution >= 4 is 30.9 Å². The quantitative estimate of drug-likeness (QED) is 0.0794. The van der Waals surface area contributed by atoms with Gasteiger partial charge in [0.1, 0.15) is 0 Å². The van der Waals surface area contributed by atoms with Crippen molar-refractivity contribution in [3.8, 4) is 0 Å². The molecule has 0 aromatic carbocycles. The van der Waals surface area contributed by atoms with E-state index in [1.807, 2.05) is 0 Å². The summed E-state index contributed by atoms with van der Waals surface area (Å²) in [6.07, 6.45) is 12.6. The molecule has 0 radical (unpaired) electrons. The molecule has 2 saturated heterocycles. The minimum atomic E-state index is -1.96. The molecule has 2 unspecified atom stereocenters. The molecule has 0 bridgehead atoms. The Bertz CT molecular complexity index is 1060. The summed E-state index contributed by atoms with van der Waals surface area (Å²) in [6.45, 7) is 48.8. The summed E-state index contributed by atoms with van der Waals surface area (Å²) >= 11 is 0. The molecule has 0 aromatic rings. The third kappa shape index (κ3) is 12.0. The first-order valence-corrected chi connectivity index (χ1v) is 25.2. The van der Waals surface area contributed by atoms with Crippen molar-refractivity contribution in [2.75, 3.05) is 0 Å². The molecule has 10 heteroatoms. The maximum absolute atomic E-state index is 6.97. The summed E-state index contributed by atoms with van der Waals surface area (Å²) in [6, 6.07) is 0. The summed E-state index contributed by atoms with van der Waals surface area (Å²) in [7, 11) is -4.73. The van der Waals surface area contributed by atoms with Gasteiger partial charge < -0.3 is 27.5 Å². The van der Waals surface area contributed by atoms with Gasteiger partial charge in [-0.2, -0.15) is 0 Å². The second kappa shape index (κ2) is 16.5. The second-order valence-electron chi connectivity index (χ2n) is 20.2. The van der Waals surface area contributed by atoms with Crippen molar-refractivity contribution in [1.29, 1.82) is 0 Å². The van der Waals surface area contributed by atoms with Crippen LogP contribution in [0.25, 0.3) is 0 Å². The van der Waals surface area contributed by atoms with Gasteiger partial charge in [0.05, 0.1) is 22.4 Å². The molecule has 2 heterocycles. The molecule has 2 aliphatic heterocycles. The van der Waals surface area contributed by atoms with E-state index >= 15 is 0 Å². The fraction of sp³-hybridized carbons (Fsp3) is 0.850. The van der Waals surface area contributed by atoms with Gasteiger partial charge in [0, 0.05) is 12.2 Å². The molecule has 2 fully saturated rings. The van der Waals surface area contributed by atoms with E-state index in [0.717, 1.165) is 62.3 Å². The van der Waals surface area contributed by atoms with E-state index in [2.05, 4.69) is 148 Å². The molecular formula is C40H78B2O6Si2. The van der Waals surface area contributed by atoms with Crippen LogP contribution in [0, 0.1) is 0 Å². The smallest absolute Gasteiger partial charge is 0.414 e. The fourth-order valence-electron chi connectivity index (χ4n) is 5.55. The van der Waals surface area contributed by atoms with E-state index < -0.39 is 30.9 Å². The Kier molecular flexibility index (Phi) is 15.1. The summed E-state index contributed by atoms with van der Waals surface area (Å²) in [4.78, 5) is 0. The first-order chi connectivity index (χ1) is 22.3. The molecular weight excluding hydrogens is 654 g/mol. The van der Waals surface area contributed by atoms with Gasteiger partial charge >= 0.3 is 14.2 Å². The lowest BCUT2D eigenvalue weighted by atomic mass is 9.76. The highest BCUT2D eigenvalue weighted by Gasteiger charge is 2.53. The Morgan fingerprint density at radius 1 is 0.580 bits per heavy atom. The summed E-state index contributed by atoms with van der Waals surface area (Å²) in [5.41, 5.74) is 0.439. The molecule has 6 nitrogen and oxygen atoms in total. The van der Waals surface area contributed by atoms with Crippen molar-refractivity contribution in [3.05, 3.63) is 36.3 Å². The zero-order valence-electron chi connectivity index (χ0n) is 36.0. The van der Waals surface area contributed by atoms with Crippen LogP contribution in [-0.4, -0.2) is 65.5 Å². The predicted octanol–water partition coefficient (Wildman–Crippen LogP) is 11.8. The van der Waals surface area contributed by atoms with Crippen LogP contribution in [0.2, 0.25) is 36.3 Å². The Hall–Kier alpha value is -0.456. The van der Waals surface area contributed by atoms with Crippen LogP contribution in [0.3, 0.4) is 0 Å². The largest absolute Gasteiger partial charge is 0.490 e. The van der Waals surface area contributed by atoms with Crippen LogP contribution in [-0.2, 0) is 27.5 Å². The summed E-state index contributed by atoms with van der Waals surface area (Å²) in [5.74, 6) is 0. The predicted molar refractivity (Wildman–Crippen MR) is 221 cm³/mol. The lowest BCUT2D eigenvalue weighted by Gasteiger charge is -2.39. The van der Waals surface area contributed by atoms with Crippen molar-refractivity contribution in [1.82, 2.24) is 0 Å². The van der Waals surface area contributed by atoms with E-state index in [9.17, 15) is 0 Å². The standard InChI is InChI=1S/C40H78B2O6Si2/c1-31(41-45-37(9,10)38(11,12)46-41)29-33(43-49(17,18)35(3,4)5)27-25-23-21-22-24-26-28-34(44-50(19,20)36(6,7)8)30-32(2)42-47-39(13,14)40(15,16)48-42/h21-22,33-34H,1-2,23-30H2,3-20H3. The molecule has 0 amide bonds. The van der Waals surface area contributed by atoms with Gasteiger partial charge in [0.15, 0.2) is 16.6 Å². The van der Waals surface area contributed by atoms with E-state index in [4.69, 9.17) is 27.5 Å². The minimum absolute atomic E-state index is 0.0983. The van der Waals surface area contributed by atoms with E-state index in [1.54, 1.807) is 0 Å². The van der Waals surface area contributed by atoms with E-state index in [1.165, 1.54) is 0 Å². The lowest BCUT2D eigenvalue weighted by molar-refractivity contribution is 0.00578. The molecule has 0 aromatic heterocycles. The average molecular weight is 733 g/mol. The number of hydrogen-bond acceptors (Lipinski definition) is 6. The van der Waals surface area contributed by atoms with E-state index in [0.29, 0.717) is 0 Å². The van der Waals surface area contributed by atoms with Crippen LogP contribution in [0.1, 0.15) is 148 Å². The number of rotatable bonds is 18. The van der Waals surface area contributed by atoms with Crippen LogP contribution in [0.5, 0.6) is 0 Å². The maximum Gasteiger partial charge on any atom is 0.490 e. The van der Waals surface area contributed by atoms with Crippen molar-refractivity contribution in [2.45, 2.75) is 219 Å². The zero-order valence-corrected chi connectivity index (χ0v) is 38.0. The fourth-order valence-corrected chi connectivity index (χ4v) is 8.33. The number of hydrogen-bond donors (Lipinski definition) is 0.